The molecule has 0 radical (unpaired) electrons. The van der Waals surface area contributed by atoms with Gasteiger partial charge in [-0.3, -0.25) is 4.90 Å². The molecule has 40 heavy (non-hydrogen) atoms. The van der Waals surface area contributed by atoms with Gasteiger partial charge in [0, 0.05) is 54.6 Å². The lowest BCUT2D eigenvalue weighted by atomic mass is 10.0. The normalized spacial score (nSPS) is 22.8. The Morgan fingerprint density at radius 1 is 1.38 bits per heavy atom. The average Bonchev–Trinajstić information content (AvgIpc) is 3.31. The maximum absolute atomic E-state index is 14.9. The number of aliphatic hydroxyl groups excluding tert-OH is 1. The maximum atomic E-state index is 14.9. The SMILES string of the molecule is COCC(O)CN1CCC[C@H](Nc2nc(-c3cn(S(=O)(=O)C4(C)C=C(Cl)C=CC4)c4ncccc34)ncc2F)C1. The fraction of sp³-hybridized carbons (Fsp3) is 0.444. The summed E-state index contributed by atoms with van der Waals surface area (Å²) in [6, 6.07) is 3.33. The van der Waals surface area contributed by atoms with Crippen molar-refractivity contribution >= 4 is 38.5 Å². The Hall–Kier alpha value is -2.90. The van der Waals surface area contributed by atoms with Crippen LogP contribution < -0.4 is 5.32 Å². The van der Waals surface area contributed by atoms with Crippen LogP contribution in [0.5, 0.6) is 0 Å². The first-order valence-electron chi connectivity index (χ1n) is 13.1. The van der Waals surface area contributed by atoms with Gasteiger partial charge in [0.05, 0.1) is 18.9 Å². The van der Waals surface area contributed by atoms with Crippen LogP contribution in [0.3, 0.4) is 0 Å². The summed E-state index contributed by atoms with van der Waals surface area (Å²) in [5, 5.41) is 14.2. The molecule has 10 nitrogen and oxygen atoms in total. The molecule has 13 heteroatoms. The van der Waals surface area contributed by atoms with Gasteiger partial charge in [-0.1, -0.05) is 17.7 Å². The van der Waals surface area contributed by atoms with Crippen molar-refractivity contribution in [1.82, 2.24) is 23.8 Å². The third-order valence-electron chi connectivity index (χ3n) is 7.28. The number of methoxy groups -OCH3 is 1. The van der Waals surface area contributed by atoms with E-state index in [9.17, 15) is 17.9 Å². The molecule has 3 aromatic rings. The second-order valence-corrected chi connectivity index (χ2v) is 13.1. The lowest BCUT2D eigenvalue weighted by Crippen LogP contribution is -2.46. The first-order valence-corrected chi connectivity index (χ1v) is 14.9. The number of aliphatic hydroxyl groups is 1. The highest BCUT2D eigenvalue weighted by Crippen LogP contribution is 2.36. The molecule has 1 aliphatic heterocycles. The number of nitrogens with zero attached hydrogens (tertiary/aromatic N) is 5. The number of pyridine rings is 1. The van der Waals surface area contributed by atoms with E-state index in [2.05, 4.69) is 25.2 Å². The summed E-state index contributed by atoms with van der Waals surface area (Å²) in [4.78, 5) is 15.1. The second kappa shape index (κ2) is 11.5. The highest BCUT2D eigenvalue weighted by atomic mass is 35.5. The predicted octanol–water partition coefficient (Wildman–Crippen LogP) is 3.54. The molecule has 1 aliphatic carbocycles. The summed E-state index contributed by atoms with van der Waals surface area (Å²) in [7, 11) is -2.46. The summed E-state index contributed by atoms with van der Waals surface area (Å²) in [6.45, 7) is 3.74. The van der Waals surface area contributed by atoms with Gasteiger partial charge >= 0.3 is 0 Å². The molecule has 2 aliphatic rings. The summed E-state index contributed by atoms with van der Waals surface area (Å²) < 4.78 is 47.5. The number of fused-ring (bicyclic) bond motifs is 1. The van der Waals surface area contributed by atoms with E-state index in [1.807, 2.05) is 0 Å². The third-order valence-corrected chi connectivity index (χ3v) is 9.78. The Morgan fingerprint density at radius 2 is 2.20 bits per heavy atom. The van der Waals surface area contributed by atoms with Crippen molar-refractivity contribution in [1.29, 1.82) is 0 Å². The molecule has 0 aromatic carbocycles. The molecule has 2 N–H and O–H groups in total. The van der Waals surface area contributed by atoms with Crippen molar-refractivity contribution in [3.05, 3.63) is 59.8 Å². The van der Waals surface area contributed by atoms with Crippen molar-refractivity contribution in [2.75, 3.05) is 38.7 Å². The topological polar surface area (TPSA) is 122 Å². The largest absolute Gasteiger partial charge is 0.389 e. The zero-order chi connectivity index (χ0) is 28.5. The summed E-state index contributed by atoms with van der Waals surface area (Å²) in [6.07, 6.45) is 10.3. The molecule has 0 spiro atoms. The zero-order valence-electron chi connectivity index (χ0n) is 22.3. The van der Waals surface area contributed by atoms with Crippen molar-refractivity contribution in [2.24, 2.45) is 0 Å². The van der Waals surface area contributed by atoms with E-state index in [1.165, 1.54) is 18.5 Å². The molecule has 0 amide bonds. The monoisotopic (exact) mass is 590 g/mol. The molecule has 1 fully saturated rings. The highest BCUT2D eigenvalue weighted by Gasteiger charge is 2.40. The molecule has 2 unspecified atom stereocenters. The van der Waals surface area contributed by atoms with Gasteiger partial charge in [-0.15, -0.1) is 0 Å². The molecule has 3 aromatic heterocycles. The number of likely N-dealkylation sites (tertiary alicyclic amines) is 1. The molecular weight excluding hydrogens is 559 g/mol. The number of anilines is 1. The number of nitrogens with one attached hydrogen (secondary N) is 1. The van der Waals surface area contributed by atoms with Crippen LogP contribution in [-0.4, -0.2) is 87.6 Å². The first-order chi connectivity index (χ1) is 19.1. The second-order valence-electron chi connectivity index (χ2n) is 10.4. The van der Waals surface area contributed by atoms with E-state index in [-0.39, 0.29) is 36.4 Å². The van der Waals surface area contributed by atoms with Gasteiger partial charge < -0.3 is 15.2 Å². The average molecular weight is 591 g/mol. The molecule has 4 heterocycles. The van der Waals surface area contributed by atoms with Crippen molar-refractivity contribution in [3.8, 4) is 11.4 Å². The van der Waals surface area contributed by atoms with Gasteiger partial charge in [-0.2, -0.15) is 0 Å². The number of β-amino-alcohol motifs (C(OH)–C–C–N with tert-alkyl or cyclic N) is 1. The number of halogens is 2. The minimum absolute atomic E-state index is 0.0287. The van der Waals surface area contributed by atoms with Crippen molar-refractivity contribution < 1.29 is 22.7 Å². The standard InChI is InChI=1S/C27H32ClFN6O4S/c1-27(9-3-6-18(28)12-27)40(37,38)35-16-22(21-8-4-10-30-26(21)35)24-31-13-23(29)25(33-24)32-19-7-5-11-34(14-19)15-20(36)17-39-2/h3-4,6,8,10,12-13,16,19-20,36H,5,7,9,11,14-15,17H2,1-2H3,(H,31,32,33)/t19-,20?,27?/m0/s1. The number of aromatic nitrogens is 4. The van der Waals surface area contributed by atoms with Gasteiger partial charge in [0.2, 0.25) is 10.0 Å². The van der Waals surface area contributed by atoms with Crippen LogP contribution in [0.15, 0.2) is 54.0 Å². The fourth-order valence-electron chi connectivity index (χ4n) is 5.27. The van der Waals surface area contributed by atoms with Crippen LogP contribution in [0.2, 0.25) is 0 Å². The predicted molar refractivity (Wildman–Crippen MR) is 152 cm³/mol. The van der Waals surface area contributed by atoms with E-state index >= 15 is 0 Å². The molecule has 5 rings (SSSR count). The number of piperidine rings is 1. The Kier molecular flexibility index (Phi) is 8.25. The van der Waals surface area contributed by atoms with Crippen molar-refractivity contribution in [2.45, 2.75) is 43.1 Å². The fourth-order valence-corrected chi connectivity index (χ4v) is 7.32. The minimum Gasteiger partial charge on any atom is -0.389 e. The van der Waals surface area contributed by atoms with Crippen LogP contribution in [0.25, 0.3) is 22.4 Å². The molecule has 3 atom stereocenters. The maximum Gasteiger partial charge on any atom is 0.249 e. The Bertz CT molecular complexity index is 1560. The van der Waals surface area contributed by atoms with Crippen molar-refractivity contribution in [3.63, 3.8) is 0 Å². The van der Waals surface area contributed by atoms with E-state index in [0.717, 1.165) is 29.6 Å². The van der Waals surface area contributed by atoms with Crippen LogP contribution in [0.1, 0.15) is 26.2 Å². The highest BCUT2D eigenvalue weighted by molar-refractivity contribution is 7.91. The number of hydrogen-bond donors (Lipinski definition) is 2. The van der Waals surface area contributed by atoms with Gasteiger partial charge in [0.15, 0.2) is 23.1 Å². The Labute approximate surface area is 237 Å². The van der Waals surface area contributed by atoms with Gasteiger partial charge in [-0.05, 0) is 57.0 Å². The number of allylic oxidation sites excluding steroid dienone is 3. The van der Waals surface area contributed by atoms with E-state index < -0.39 is 26.7 Å². The molecule has 214 valence electrons. The van der Waals surface area contributed by atoms with Crippen LogP contribution in [-0.2, 0) is 14.8 Å². The van der Waals surface area contributed by atoms with Crippen LogP contribution >= 0.6 is 11.6 Å². The molecule has 1 saturated heterocycles. The molecular formula is C27H32ClFN6O4S. The smallest absolute Gasteiger partial charge is 0.249 e. The first kappa shape index (κ1) is 28.6. The van der Waals surface area contributed by atoms with Crippen LogP contribution in [0, 0.1) is 5.82 Å². The quantitative estimate of drug-likeness (QED) is 0.385. The number of ether oxygens (including phenoxy) is 1. The zero-order valence-corrected chi connectivity index (χ0v) is 23.9. The number of rotatable bonds is 9. The molecule has 0 saturated carbocycles. The molecule has 0 bridgehead atoms. The lowest BCUT2D eigenvalue weighted by Gasteiger charge is -2.34. The lowest BCUT2D eigenvalue weighted by molar-refractivity contribution is 0.0323. The number of hydrogen-bond acceptors (Lipinski definition) is 9. The van der Waals surface area contributed by atoms with Crippen LogP contribution in [0.4, 0.5) is 10.2 Å². The Balaban J connectivity index is 1.46. The van der Waals surface area contributed by atoms with E-state index in [1.54, 1.807) is 38.3 Å². The summed E-state index contributed by atoms with van der Waals surface area (Å²) in [5.41, 5.74) is 0.630. The van der Waals surface area contributed by atoms with E-state index in [0.29, 0.717) is 29.1 Å². The Morgan fingerprint density at radius 3 is 2.98 bits per heavy atom. The van der Waals surface area contributed by atoms with E-state index in [4.69, 9.17) is 16.3 Å². The van der Waals surface area contributed by atoms with Gasteiger partial charge in [-0.25, -0.2) is 31.7 Å². The van der Waals surface area contributed by atoms with Gasteiger partial charge in [0.1, 0.15) is 4.75 Å². The third kappa shape index (κ3) is 5.64. The van der Waals surface area contributed by atoms with Gasteiger partial charge in [0.25, 0.3) is 0 Å². The summed E-state index contributed by atoms with van der Waals surface area (Å²) >= 11 is 6.18. The minimum atomic E-state index is -4.01. The summed E-state index contributed by atoms with van der Waals surface area (Å²) in [5.74, 6) is -0.418.